The second-order valence-corrected chi connectivity index (χ2v) is 9.02. The van der Waals surface area contributed by atoms with Gasteiger partial charge in [-0.1, -0.05) is 56.1 Å². The second-order valence-electron chi connectivity index (χ2n) is 7.31. The van der Waals surface area contributed by atoms with Crippen LogP contribution < -0.4 is 0 Å². The Morgan fingerprint density at radius 1 is 0.385 bits per heavy atom. The third kappa shape index (κ3) is 3.54. The van der Waals surface area contributed by atoms with Crippen LogP contribution in [0.4, 0.5) is 0 Å². The fourth-order valence-electron chi connectivity index (χ4n) is 3.54. The lowest BCUT2D eigenvalue weighted by molar-refractivity contribution is 1.31. The van der Waals surface area contributed by atoms with Gasteiger partial charge in [0.15, 0.2) is 0 Å². The monoisotopic (exact) mass is 470 g/mol. The maximum absolute atomic E-state index is 3.64. The van der Waals surface area contributed by atoms with E-state index in [1.807, 2.05) is 0 Å². The SMILES string of the molecule is Cc1cc(-c2cc(C)c(-c3cc(C)c(Br)cc3C)cc2C)c(C)cc1Br. The van der Waals surface area contributed by atoms with E-state index in [0.29, 0.717) is 0 Å². The molecule has 134 valence electrons. The highest BCUT2D eigenvalue weighted by Gasteiger charge is 2.13. The number of hydrogen-bond donors (Lipinski definition) is 0. The molecule has 0 aromatic heterocycles. The minimum absolute atomic E-state index is 1.17. The van der Waals surface area contributed by atoms with Crippen LogP contribution in [0.15, 0.2) is 45.3 Å². The van der Waals surface area contributed by atoms with Crippen LogP contribution in [-0.4, -0.2) is 0 Å². The van der Waals surface area contributed by atoms with Crippen LogP contribution in [0.25, 0.3) is 22.3 Å². The average Bonchev–Trinajstić information content (AvgIpc) is 2.56. The van der Waals surface area contributed by atoms with Crippen molar-refractivity contribution in [2.45, 2.75) is 41.5 Å². The third-order valence-corrected chi connectivity index (χ3v) is 6.87. The molecule has 0 spiro atoms. The van der Waals surface area contributed by atoms with Crippen LogP contribution in [-0.2, 0) is 0 Å². The van der Waals surface area contributed by atoms with Crippen molar-refractivity contribution in [3.05, 3.63) is 78.7 Å². The Morgan fingerprint density at radius 3 is 0.923 bits per heavy atom. The first-order chi connectivity index (χ1) is 12.2. The second kappa shape index (κ2) is 7.32. The molecule has 2 heteroatoms. The molecule has 3 aromatic carbocycles. The van der Waals surface area contributed by atoms with Crippen LogP contribution in [0.1, 0.15) is 33.4 Å². The van der Waals surface area contributed by atoms with Gasteiger partial charge in [0, 0.05) is 8.95 Å². The van der Waals surface area contributed by atoms with E-state index in [0.717, 1.165) is 0 Å². The van der Waals surface area contributed by atoms with Crippen molar-refractivity contribution in [1.29, 1.82) is 0 Å². The fourth-order valence-corrected chi connectivity index (χ4v) is 4.45. The van der Waals surface area contributed by atoms with Crippen molar-refractivity contribution in [3.8, 4) is 22.3 Å². The third-order valence-electron chi connectivity index (χ3n) is 5.16. The van der Waals surface area contributed by atoms with Crippen LogP contribution in [0.2, 0.25) is 0 Å². The van der Waals surface area contributed by atoms with Gasteiger partial charge in [-0.2, -0.15) is 0 Å². The van der Waals surface area contributed by atoms with Crippen LogP contribution in [0, 0.1) is 41.5 Å². The molecule has 0 bridgehead atoms. The highest BCUT2D eigenvalue weighted by atomic mass is 79.9. The topological polar surface area (TPSA) is 0 Å². The first-order valence-corrected chi connectivity index (χ1v) is 10.4. The molecule has 0 atom stereocenters. The molecule has 0 saturated heterocycles. The Kier molecular flexibility index (Phi) is 5.46. The molecule has 26 heavy (non-hydrogen) atoms. The number of hydrogen-bond acceptors (Lipinski definition) is 0. The number of halogens is 2. The minimum Gasteiger partial charge on any atom is -0.0505 e. The van der Waals surface area contributed by atoms with Crippen LogP contribution in [0.3, 0.4) is 0 Å². The summed E-state index contributed by atoms with van der Waals surface area (Å²) in [7, 11) is 0. The van der Waals surface area contributed by atoms with E-state index in [-0.39, 0.29) is 0 Å². The maximum Gasteiger partial charge on any atom is 0.0207 e. The summed E-state index contributed by atoms with van der Waals surface area (Å²) in [6.45, 7) is 13.1. The van der Waals surface area contributed by atoms with E-state index in [4.69, 9.17) is 0 Å². The fraction of sp³-hybridized carbons (Fsp3) is 0.250. The predicted molar refractivity (Wildman–Crippen MR) is 121 cm³/mol. The molecule has 0 N–H and O–H groups in total. The molecule has 0 saturated carbocycles. The summed E-state index contributed by atoms with van der Waals surface area (Å²) in [4.78, 5) is 0. The highest BCUT2D eigenvalue weighted by Crippen LogP contribution is 2.37. The molecule has 0 radical (unpaired) electrons. The van der Waals surface area contributed by atoms with E-state index in [2.05, 4.69) is 110 Å². The minimum atomic E-state index is 1.17. The van der Waals surface area contributed by atoms with E-state index in [1.165, 1.54) is 64.6 Å². The summed E-state index contributed by atoms with van der Waals surface area (Å²) in [5.74, 6) is 0. The molecule has 0 nitrogen and oxygen atoms in total. The standard InChI is InChI=1S/C24H24Br2/c1-13-7-20(22-10-18(6)24(26)12-16(22)4)14(2)8-19(13)21-9-17(5)23(25)11-15(21)3/h7-12H,1-6H3. The molecular weight excluding hydrogens is 448 g/mol. The first-order valence-electron chi connectivity index (χ1n) is 8.84. The molecule has 3 rings (SSSR count). The first kappa shape index (κ1) is 19.4. The molecule has 0 fully saturated rings. The lowest BCUT2D eigenvalue weighted by Gasteiger charge is -2.17. The summed E-state index contributed by atoms with van der Waals surface area (Å²) >= 11 is 7.29. The summed E-state index contributed by atoms with van der Waals surface area (Å²) < 4.78 is 2.34. The zero-order valence-electron chi connectivity index (χ0n) is 16.2. The molecule has 0 aliphatic carbocycles. The Hall–Kier alpha value is -1.38. The van der Waals surface area contributed by atoms with Gasteiger partial charge >= 0.3 is 0 Å². The van der Waals surface area contributed by atoms with Crippen molar-refractivity contribution in [2.75, 3.05) is 0 Å². The average molecular weight is 472 g/mol. The van der Waals surface area contributed by atoms with Crippen molar-refractivity contribution < 1.29 is 0 Å². The van der Waals surface area contributed by atoms with Gasteiger partial charge in [0.2, 0.25) is 0 Å². The smallest absolute Gasteiger partial charge is 0.0207 e. The van der Waals surface area contributed by atoms with Gasteiger partial charge in [0.1, 0.15) is 0 Å². The summed E-state index contributed by atoms with van der Waals surface area (Å²) in [5.41, 5.74) is 13.1. The summed E-state index contributed by atoms with van der Waals surface area (Å²) in [6.07, 6.45) is 0. The van der Waals surface area contributed by atoms with E-state index >= 15 is 0 Å². The molecule has 0 amide bonds. The van der Waals surface area contributed by atoms with E-state index < -0.39 is 0 Å². The summed E-state index contributed by atoms with van der Waals surface area (Å²) in [5, 5.41) is 0. The normalized spacial score (nSPS) is 11.1. The predicted octanol–water partition coefficient (Wildman–Crippen LogP) is 8.40. The largest absolute Gasteiger partial charge is 0.0505 e. The molecule has 0 aliphatic heterocycles. The van der Waals surface area contributed by atoms with Crippen molar-refractivity contribution >= 4 is 31.9 Å². The molecule has 3 aromatic rings. The lowest BCUT2D eigenvalue weighted by Crippen LogP contribution is -1.95. The van der Waals surface area contributed by atoms with Gasteiger partial charge in [0.25, 0.3) is 0 Å². The van der Waals surface area contributed by atoms with Gasteiger partial charge in [-0.3, -0.25) is 0 Å². The summed E-state index contributed by atoms with van der Waals surface area (Å²) in [6, 6.07) is 13.7. The lowest BCUT2D eigenvalue weighted by atomic mass is 9.88. The van der Waals surface area contributed by atoms with Gasteiger partial charge in [0.05, 0.1) is 0 Å². The van der Waals surface area contributed by atoms with Crippen LogP contribution >= 0.6 is 31.9 Å². The maximum atomic E-state index is 3.64. The van der Waals surface area contributed by atoms with E-state index in [9.17, 15) is 0 Å². The number of aryl methyl sites for hydroxylation is 6. The molecule has 0 unspecified atom stereocenters. The highest BCUT2D eigenvalue weighted by molar-refractivity contribution is 9.10. The van der Waals surface area contributed by atoms with Crippen molar-refractivity contribution in [2.24, 2.45) is 0 Å². The van der Waals surface area contributed by atoms with Gasteiger partial charge in [-0.15, -0.1) is 0 Å². The van der Waals surface area contributed by atoms with Crippen molar-refractivity contribution in [3.63, 3.8) is 0 Å². The Labute approximate surface area is 173 Å². The van der Waals surface area contributed by atoms with Crippen LogP contribution in [0.5, 0.6) is 0 Å². The van der Waals surface area contributed by atoms with Gasteiger partial charge < -0.3 is 0 Å². The zero-order chi connectivity index (χ0) is 19.2. The number of rotatable bonds is 2. The Balaban J connectivity index is 2.19. The molecule has 0 heterocycles. The number of benzene rings is 3. The van der Waals surface area contributed by atoms with E-state index in [1.54, 1.807) is 0 Å². The Morgan fingerprint density at radius 2 is 0.615 bits per heavy atom. The van der Waals surface area contributed by atoms with Crippen molar-refractivity contribution in [1.82, 2.24) is 0 Å². The quantitative estimate of drug-likeness (QED) is 0.351. The molecular formula is C24H24Br2. The molecule has 0 aliphatic rings. The Bertz CT molecular complexity index is 930. The van der Waals surface area contributed by atoms with Gasteiger partial charge in [-0.25, -0.2) is 0 Å². The zero-order valence-corrected chi connectivity index (χ0v) is 19.4. The van der Waals surface area contributed by atoms with Gasteiger partial charge in [-0.05, 0) is 109 Å².